The first-order chi connectivity index (χ1) is 11.6. The molecule has 0 amide bonds. The van der Waals surface area contributed by atoms with E-state index in [1.165, 1.54) is 6.07 Å². The number of hydrogen-bond donors (Lipinski definition) is 2. The van der Waals surface area contributed by atoms with Gasteiger partial charge in [-0.05, 0) is 37.6 Å². The molecule has 1 aromatic carbocycles. The molecule has 0 bridgehead atoms. The number of morpholine rings is 1. The summed E-state index contributed by atoms with van der Waals surface area (Å²) < 4.78 is 19.2. The van der Waals surface area contributed by atoms with Gasteiger partial charge in [0.25, 0.3) is 0 Å². The van der Waals surface area contributed by atoms with Gasteiger partial charge >= 0.3 is 0 Å². The second-order valence-electron chi connectivity index (χ2n) is 6.43. The molecule has 2 N–H and O–H groups in total. The number of aromatic nitrogens is 3. The molecule has 6 heteroatoms. The highest BCUT2D eigenvalue weighted by molar-refractivity contribution is 5.84. The van der Waals surface area contributed by atoms with E-state index >= 15 is 0 Å². The number of aryl methyl sites for hydroxylation is 2. The number of nitrogens with zero attached hydrogens (tertiary/aromatic N) is 2. The van der Waals surface area contributed by atoms with Gasteiger partial charge in [-0.15, -0.1) is 0 Å². The number of hydrogen-bond acceptors (Lipinski definition) is 3. The van der Waals surface area contributed by atoms with Crippen molar-refractivity contribution in [3.63, 3.8) is 0 Å². The van der Waals surface area contributed by atoms with E-state index in [0.717, 1.165) is 46.8 Å². The SMILES string of the molecule is Cc1cnc([C@H]2COCCN2Cc2[nH]c3ccc(F)cc3c2C)[nH]1. The van der Waals surface area contributed by atoms with Crippen LogP contribution in [0.2, 0.25) is 0 Å². The van der Waals surface area contributed by atoms with Crippen molar-refractivity contribution in [1.29, 1.82) is 0 Å². The molecule has 1 aliphatic rings. The van der Waals surface area contributed by atoms with Gasteiger partial charge in [0.2, 0.25) is 0 Å². The topological polar surface area (TPSA) is 56.9 Å². The lowest BCUT2D eigenvalue weighted by Crippen LogP contribution is -2.39. The summed E-state index contributed by atoms with van der Waals surface area (Å²) in [5.41, 5.74) is 4.24. The molecule has 5 nitrogen and oxygen atoms in total. The molecule has 3 heterocycles. The van der Waals surface area contributed by atoms with Crippen molar-refractivity contribution in [3.8, 4) is 0 Å². The lowest BCUT2D eigenvalue weighted by atomic mass is 10.1. The van der Waals surface area contributed by atoms with Gasteiger partial charge in [-0.2, -0.15) is 0 Å². The largest absolute Gasteiger partial charge is 0.378 e. The average molecular weight is 328 g/mol. The van der Waals surface area contributed by atoms with Crippen LogP contribution in [-0.2, 0) is 11.3 Å². The molecule has 126 valence electrons. The van der Waals surface area contributed by atoms with E-state index in [1.54, 1.807) is 12.1 Å². The number of nitrogens with one attached hydrogen (secondary N) is 2. The predicted octanol–water partition coefficient (Wildman–Crippen LogP) is 3.22. The van der Waals surface area contributed by atoms with Crippen molar-refractivity contribution in [3.05, 3.63) is 53.0 Å². The standard InChI is InChI=1S/C18H21FN4O/c1-11-8-20-18(21-11)17-10-24-6-5-23(17)9-16-12(2)14-7-13(19)3-4-15(14)22-16/h3-4,7-8,17,22H,5-6,9-10H2,1-2H3,(H,20,21)/t17-/m1/s1. The molecule has 3 aromatic rings. The van der Waals surface area contributed by atoms with Gasteiger partial charge in [-0.25, -0.2) is 9.37 Å². The maximum absolute atomic E-state index is 13.5. The fourth-order valence-electron chi connectivity index (χ4n) is 3.40. The lowest BCUT2D eigenvalue weighted by Gasteiger charge is -2.34. The Morgan fingerprint density at radius 1 is 1.33 bits per heavy atom. The first-order valence-corrected chi connectivity index (χ1v) is 8.22. The second-order valence-corrected chi connectivity index (χ2v) is 6.43. The Bertz CT molecular complexity index is 869. The number of rotatable bonds is 3. The molecule has 1 saturated heterocycles. The Hall–Kier alpha value is -2.18. The van der Waals surface area contributed by atoms with Crippen molar-refractivity contribution in [2.24, 2.45) is 0 Å². The number of ether oxygens (including phenoxy) is 1. The van der Waals surface area contributed by atoms with E-state index in [9.17, 15) is 4.39 Å². The molecular formula is C18H21FN4O. The minimum Gasteiger partial charge on any atom is -0.378 e. The number of H-pyrrole nitrogens is 2. The molecule has 0 aliphatic carbocycles. The van der Waals surface area contributed by atoms with Crippen molar-refractivity contribution >= 4 is 10.9 Å². The van der Waals surface area contributed by atoms with Crippen LogP contribution in [0.25, 0.3) is 10.9 Å². The predicted molar refractivity (Wildman–Crippen MR) is 90.3 cm³/mol. The van der Waals surface area contributed by atoms with Gasteiger partial charge in [-0.1, -0.05) is 0 Å². The van der Waals surface area contributed by atoms with E-state index in [4.69, 9.17) is 4.74 Å². The maximum Gasteiger partial charge on any atom is 0.126 e. The zero-order valence-electron chi connectivity index (χ0n) is 13.9. The molecule has 1 aliphatic heterocycles. The van der Waals surface area contributed by atoms with Gasteiger partial charge in [0.15, 0.2) is 0 Å². The molecule has 0 saturated carbocycles. The van der Waals surface area contributed by atoms with Crippen LogP contribution in [0.5, 0.6) is 0 Å². The van der Waals surface area contributed by atoms with Gasteiger partial charge in [0.1, 0.15) is 11.6 Å². The van der Waals surface area contributed by atoms with Crippen LogP contribution in [0.3, 0.4) is 0 Å². The molecular weight excluding hydrogens is 307 g/mol. The summed E-state index contributed by atoms with van der Waals surface area (Å²) in [7, 11) is 0. The highest BCUT2D eigenvalue weighted by Gasteiger charge is 2.27. The van der Waals surface area contributed by atoms with Crippen LogP contribution in [-0.4, -0.2) is 39.6 Å². The maximum atomic E-state index is 13.5. The van der Waals surface area contributed by atoms with Crippen LogP contribution in [0.15, 0.2) is 24.4 Å². The first-order valence-electron chi connectivity index (χ1n) is 8.22. The summed E-state index contributed by atoms with van der Waals surface area (Å²) in [4.78, 5) is 13.6. The smallest absolute Gasteiger partial charge is 0.126 e. The van der Waals surface area contributed by atoms with Crippen molar-refractivity contribution < 1.29 is 9.13 Å². The average Bonchev–Trinajstić information content (AvgIpc) is 3.13. The molecule has 0 unspecified atom stereocenters. The van der Waals surface area contributed by atoms with E-state index in [-0.39, 0.29) is 11.9 Å². The highest BCUT2D eigenvalue weighted by atomic mass is 19.1. The fourth-order valence-corrected chi connectivity index (χ4v) is 3.40. The molecule has 1 fully saturated rings. The molecule has 0 spiro atoms. The summed E-state index contributed by atoms with van der Waals surface area (Å²) >= 11 is 0. The van der Waals surface area contributed by atoms with Gasteiger partial charge in [0, 0.05) is 41.6 Å². The van der Waals surface area contributed by atoms with Crippen molar-refractivity contribution in [2.75, 3.05) is 19.8 Å². The monoisotopic (exact) mass is 328 g/mol. The van der Waals surface area contributed by atoms with E-state index < -0.39 is 0 Å². The van der Waals surface area contributed by atoms with Crippen LogP contribution in [0, 0.1) is 19.7 Å². The molecule has 2 aromatic heterocycles. The number of aromatic amines is 2. The summed E-state index contributed by atoms with van der Waals surface area (Å²) in [6, 6.07) is 4.99. The van der Waals surface area contributed by atoms with Crippen molar-refractivity contribution in [1.82, 2.24) is 19.9 Å². The van der Waals surface area contributed by atoms with E-state index in [1.807, 2.05) is 20.0 Å². The van der Waals surface area contributed by atoms with Crippen LogP contribution in [0.1, 0.15) is 28.8 Å². The lowest BCUT2D eigenvalue weighted by molar-refractivity contribution is -0.0161. The highest BCUT2D eigenvalue weighted by Crippen LogP contribution is 2.28. The molecule has 24 heavy (non-hydrogen) atoms. The van der Waals surface area contributed by atoms with Gasteiger partial charge in [-0.3, -0.25) is 4.90 Å². The minimum absolute atomic E-state index is 0.106. The summed E-state index contributed by atoms with van der Waals surface area (Å²) in [5.74, 6) is 0.735. The first kappa shape index (κ1) is 15.4. The number of benzene rings is 1. The molecule has 1 atom stereocenters. The van der Waals surface area contributed by atoms with E-state index in [0.29, 0.717) is 13.2 Å². The fraction of sp³-hybridized carbons (Fsp3) is 0.389. The van der Waals surface area contributed by atoms with E-state index in [2.05, 4.69) is 19.9 Å². The Kier molecular flexibility index (Phi) is 3.86. The Morgan fingerprint density at radius 3 is 3.00 bits per heavy atom. The van der Waals surface area contributed by atoms with Gasteiger partial charge < -0.3 is 14.7 Å². The number of halogens is 1. The third-order valence-corrected chi connectivity index (χ3v) is 4.76. The Morgan fingerprint density at radius 2 is 2.21 bits per heavy atom. The Labute approximate surface area is 139 Å². The van der Waals surface area contributed by atoms with Gasteiger partial charge in [0.05, 0.1) is 19.3 Å². The third-order valence-electron chi connectivity index (χ3n) is 4.76. The number of fused-ring (bicyclic) bond motifs is 1. The summed E-state index contributed by atoms with van der Waals surface area (Å²) in [6.45, 7) is 6.98. The minimum atomic E-state index is -0.202. The Balaban J connectivity index is 1.64. The summed E-state index contributed by atoms with van der Waals surface area (Å²) in [6.07, 6.45) is 1.85. The summed E-state index contributed by atoms with van der Waals surface area (Å²) in [5, 5.41) is 0.948. The number of imidazole rings is 1. The second kappa shape index (κ2) is 6.03. The zero-order chi connectivity index (χ0) is 16.7. The van der Waals surface area contributed by atoms with Crippen molar-refractivity contribution in [2.45, 2.75) is 26.4 Å². The molecule has 0 radical (unpaired) electrons. The van der Waals surface area contributed by atoms with Crippen LogP contribution in [0.4, 0.5) is 4.39 Å². The van der Waals surface area contributed by atoms with Crippen LogP contribution < -0.4 is 0 Å². The zero-order valence-corrected chi connectivity index (χ0v) is 13.9. The normalized spacial score (nSPS) is 19.2. The molecule has 4 rings (SSSR count). The quantitative estimate of drug-likeness (QED) is 0.776. The van der Waals surface area contributed by atoms with Crippen LogP contribution >= 0.6 is 0 Å². The third kappa shape index (κ3) is 2.72.